The van der Waals surface area contributed by atoms with Gasteiger partial charge in [-0.2, -0.15) is 27.1 Å². The second kappa shape index (κ2) is 10.8. The predicted octanol–water partition coefficient (Wildman–Crippen LogP) is 3.69. The van der Waals surface area contributed by atoms with Crippen LogP contribution < -0.4 is 20.1 Å². The Balaban J connectivity index is 2.05. The fourth-order valence-corrected chi connectivity index (χ4v) is 2.68. The summed E-state index contributed by atoms with van der Waals surface area (Å²) in [5, 5.41) is 9.06. The van der Waals surface area contributed by atoms with Gasteiger partial charge in [-0.25, -0.2) is 0 Å². The molecule has 172 valence electrons. The summed E-state index contributed by atoms with van der Waals surface area (Å²) >= 11 is 0. The van der Waals surface area contributed by atoms with Gasteiger partial charge in [0.25, 0.3) is 0 Å². The van der Waals surface area contributed by atoms with E-state index in [-0.39, 0.29) is 30.4 Å². The molecule has 0 unspecified atom stereocenters. The first kappa shape index (κ1) is 24.2. The van der Waals surface area contributed by atoms with Crippen LogP contribution in [0.4, 0.5) is 22.0 Å². The highest BCUT2D eigenvalue weighted by Crippen LogP contribution is 2.30. The van der Waals surface area contributed by atoms with Crippen LogP contribution >= 0.6 is 0 Å². The van der Waals surface area contributed by atoms with Gasteiger partial charge in [0.2, 0.25) is 0 Å². The maximum absolute atomic E-state index is 13.1. The summed E-state index contributed by atoms with van der Waals surface area (Å²) in [6.07, 6.45) is -2.58. The number of alkyl halides is 5. The molecule has 0 bridgehead atoms. The number of nitrogens with one attached hydrogen (secondary N) is 2. The number of rotatable bonds is 9. The Hall–Kier alpha value is -3.05. The Morgan fingerprint density at radius 1 is 1.19 bits per heavy atom. The van der Waals surface area contributed by atoms with E-state index in [4.69, 9.17) is 4.74 Å². The Bertz CT molecular complexity index is 883. The van der Waals surface area contributed by atoms with Gasteiger partial charge in [-0.1, -0.05) is 6.92 Å². The van der Waals surface area contributed by atoms with Gasteiger partial charge < -0.3 is 20.1 Å². The average molecular weight is 449 g/mol. The van der Waals surface area contributed by atoms with Gasteiger partial charge in [0.15, 0.2) is 11.7 Å². The van der Waals surface area contributed by atoms with E-state index in [1.165, 1.54) is 26.4 Å². The molecule has 2 rings (SSSR count). The number of aryl methyl sites for hydroxylation is 1. The molecule has 31 heavy (non-hydrogen) atoms. The van der Waals surface area contributed by atoms with Crippen molar-refractivity contribution in [2.24, 2.45) is 12.0 Å². The first-order valence-corrected chi connectivity index (χ1v) is 9.38. The summed E-state index contributed by atoms with van der Waals surface area (Å²) in [7, 11) is 2.83. The highest BCUT2D eigenvalue weighted by atomic mass is 19.4. The van der Waals surface area contributed by atoms with Gasteiger partial charge in [0.1, 0.15) is 11.5 Å². The van der Waals surface area contributed by atoms with Crippen LogP contribution in [0.1, 0.15) is 30.2 Å². The minimum atomic E-state index is -4.58. The molecule has 2 N–H and O–H groups in total. The summed E-state index contributed by atoms with van der Waals surface area (Å²) in [5.74, 6) is 0.490. The normalized spacial score (nSPS) is 12.2. The number of aliphatic imine (C=N–C) groups is 1. The largest absolute Gasteiger partial charge is 0.493 e. The zero-order chi connectivity index (χ0) is 23.0. The van der Waals surface area contributed by atoms with Crippen LogP contribution in [-0.2, 0) is 26.3 Å². The highest BCUT2D eigenvalue weighted by molar-refractivity contribution is 5.79. The van der Waals surface area contributed by atoms with Gasteiger partial charge in [-0.15, -0.1) is 0 Å². The lowest BCUT2D eigenvalue weighted by molar-refractivity contribution is -0.142. The molecule has 0 saturated carbocycles. The maximum atomic E-state index is 13.1. The third kappa shape index (κ3) is 7.30. The molecule has 0 radical (unpaired) electrons. The topological polar surface area (TPSA) is 72.7 Å². The molecule has 12 heteroatoms. The molecule has 0 fully saturated rings. The van der Waals surface area contributed by atoms with Crippen molar-refractivity contribution in [2.75, 3.05) is 13.7 Å². The third-order valence-electron chi connectivity index (χ3n) is 4.02. The van der Waals surface area contributed by atoms with E-state index in [1.54, 1.807) is 12.1 Å². The Labute approximate surface area is 176 Å². The number of halogens is 5. The van der Waals surface area contributed by atoms with Gasteiger partial charge >= 0.3 is 12.8 Å². The molecule has 0 atom stereocenters. The number of guanidine groups is 1. The van der Waals surface area contributed by atoms with Crippen LogP contribution in [0, 0.1) is 0 Å². The fourth-order valence-electron chi connectivity index (χ4n) is 2.68. The number of hydrogen-bond donors (Lipinski definition) is 2. The number of ether oxygens (including phenoxy) is 2. The Morgan fingerprint density at radius 3 is 2.45 bits per heavy atom. The van der Waals surface area contributed by atoms with Crippen molar-refractivity contribution in [1.82, 2.24) is 20.4 Å². The second-order valence-electron chi connectivity index (χ2n) is 6.45. The molecule has 0 amide bonds. The quantitative estimate of drug-likeness (QED) is 0.347. The smallest absolute Gasteiger partial charge is 0.435 e. The first-order chi connectivity index (χ1) is 14.6. The van der Waals surface area contributed by atoms with E-state index in [0.717, 1.165) is 11.1 Å². The van der Waals surface area contributed by atoms with E-state index in [2.05, 4.69) is 25.5 Å². The molecule has 1 aromatic heterocycles. The molecule has 0 aliphatic carbocycles. The summed E-state index contributed by atoms with van der Waals surface area (Å²) < 4.78 is 75.8. The van der Waals surface area contributed by atoms with Gasteiger partial charge in [0, 0.05) is 50.6 Å². The molecule has 0 saturated heterocycles. The van der Waals surface area contributed by atoms with Crippen molar-refractivity contribution in [3.63, 3.8) is 0 Å². The van der Waals surface area contributed by atoms with E-state index in [9.17, 15) is 22.0 Å². The summed E-state index contributed by atoms with van der Waals surface area (Å²) in [5.41, 5.74) is -0.658. The van der Waals surface area contributed by atoms with Crippen molar-refractivity contribution in [2.45, 2.75) is 39.2 Å². The summed E-state index contributed by atoms with van der Waals surface area (Å²) in [6, 6.07) is 4.54. The maximum Gasteiger partial charge on any atom is 0.435 e. The van der Waals surface area contributed by atoms with E-state index in [0.29, 0.717) is 17.9 Å². The van der Waals surface area contributed by atoms with Crippen LogP contribution in [0.3, 0.4) is 0 Å². The van der Waals surface area contributed by atoms with Crippen LogP contribution in [0.15, 0.2) is 29.4 Å². The minimum Gasteiger partial charge on any atom is -0.493 e. The van der Waals surface area contributed by atoms with E-state index >= 15 is 0 Å². The van der Waals surface area contributed by atoms with Crippen molar-refractivity contribution >= 4 is 5.96 Å². The van der Waals surface area contributed by atoms with Crippen molar-refractivity contribution in [1.29, 1.82) is 0 Å². The van der Waals surface area contributed by atoms with Crippen LogP contribution in [-0.4, -0.2) is 36.0 Å². The SMILES string of the molecule is CCCOc1ccc(CNC(=NC)NCc2cn(C)nc2C(F)(F)F)c(OC(F)F)c1. The first-order valence-electron chi connectivity index (χ1n) is 9.38. The predicted molar refractivity (Wildman–Crippen MR) is 104 cm³/mol. The number of aromatic nitrogens is 2. The van der Waals surface area contributed by atoms with Gasteiger partial charge in [0.05, 0.1) is 6.61 Å². The lowest BCUT2D eigenvalue weighted by Gasteiger charge is -2.16. The van der Waals surface area contributed by atoms with E-state index < -0.39 is 18.5 Å². The van der Waals surface area contributed by atoms with Crippen LogP contribution in [0.25, 0.3) is 0 Å². The van der Waals surface area contributed by atoms with Crippen molar-refractivity contribution in [3.05, 3.63) is 41.2 Å². The molecule has 1 heterocycles. The van der Waals surface area contributed by atoms with Gasteiger partial charge in [-0.05, 0) is 18.6 Å². The minimum absolute atomic E-state index is 0.0367. The molecule has 0 aliphatic rings. The lowest BCUT2D eigenvalue weighted by Crippen LogP contribution is -2.36. The van der Waals surface area contributed by atoms with Crippen LogP contribution in [0.2, 0.25) is 0 Å². The standard InChI is InChI=1S/C19H24F5N5O2/c1-4-7-30-14-6-5-12(15(8-14)31-17(20)21)9-26-18(25-2)27-10-13-11-29(3)28-16(13)19(22,23)24/h5-6,8,11,17H,4,7,9-10H2,1-3H3,(H2,25,26,27). The molecule has 0 aliphatic heterocycles. The third-order valence-corrected chi connectivity index (χ3v) is 4.02. The second-order valence-corrected chi connectivity index (χ2v) is 6.45. The molecule has 2 aromatic rings. The van der Waals surface area contributed by atoms with Crippen molar-refractivity contribution < 1.29 is 31.4 Å². The molecular formula is C19H24F5N5O2. The number of hydrogen-bond acceptors (Lipinski definition) is 4. The van der Waals surface area contributed by atoms with Crippen LogP contribution in [0.5, 0.6) is 11.5 Å². The molecule has 1 aromatic carbocycles. The van der Waals surface area contributed by atoms with E-state index in [1.807, 2.05) is 6.92 Å². The molecule has 7 nitrogen and oxygen atoms in total. The summed E-state index contributed by atoms with van der Waals surface area (Å²) in [6.45, 7) is -0.835. The zero-order valence-corrected chi connectivity index (χ0v) is 17.3. The molecular weight excluding hydrogens is 425 g/mol. The highest BCUT2D eigenvalue weighted by Gasteiger charge is 2.36. The molecule has 0 spiro atoms. The number of nitrogens with zero attached hydrogens (tertiary/aromatic N) is 3. The monoisotopic (exact) mass is 449 g/mol. The summed E-state index contributed by atoms with van der Waals surface area (Å²) in [4.78, 5) is 3.94. The Morgan fingerprint density at radius 2 is 1.87 bits per heavy atom. The van der Waals surface area contributed by atoms with Gasteiger partial charge in [-0.3, -0.25) is 9.67 Å². The average Bonchev–Trinajstić information content (AvgIpc) is 3.08. The lowest BCUT2D eigenvalue weighted by atomic mass is 10.2. The zero-order valence-electron chi connectivity index (χ0n) is 17.3. The van der Waals surface area contributed by atoms with Crippen molar-refractivity contribution in [3.8, 4) is 11.5 Å². The Kier molecular flexibility index (Phi) is 8.46. The fraction of sp³-hybridized carbons (Fsp3) is 0.474. The number of benzene rings is 1.